The lowest BCUT2D eigenvalue weighted by Crippen LogP contribution is -2.36. The summed E-state index contributed by atoms with van der Waals surface area (Å²) in [6, 6.07) is 12.9. The van der Waals surface area contributed by atoms with E-state index in [-0.39, 0.29) is 11.4 Å². The third-order valence-electron chi connectivity index (χ3n) is 3.72. The second-order valence-electron chi connectivity index (χ2n) is 5.68. The molecule has 1 amide bonds. The predicted molar refractivity (Wildman–Crippen MR) is 105 cm³/mol. The third-order valence-corrected chi connectivity index (χ3v) is 5.79. The smallest absolute Gasteiger partial charge is 0.255 e. The largest absolute Gasteiger partial charge is 0.497 e. The summed E-state index contributed by atoms with van der Waals surface area (Å²) < 4.78 is 31.0. The Hall–Kier alpha value is -2.42. The number of methoxy groups -OCH3 is 1. The number of amides is 1. The molecule has 0 bridgehead atoms. The first-order valence-electron chi connectivity index (χ1n) is 7.93. The lowest BCUT2D eigenvalue weighted by Gasteiger charge is -2.16. The zero-order chi connectivity index (χ0) is 20.0. The van der Waals surface area contributed by atoms with Gasteiger partial charge in [0.25, 0.3) is 5.91 Å². The molecule has 0 aliphatic carbocycles. The van der Waals surface area contributed by atoms with E-state index in [0.717, 1.165) is 9.87 Å². The Balaban J connectivity index is 2.02. The van der Waals surface area contributed by atoms with Crippen molar-refractivity contribution in [3.63, 3.8) is 0 Å². The monoisotopic (exact) mass is 409 g/mol. The Labute approximate surface area is 163 Å². The molecule has 0 aliphatic rings. The number of hydrazone groups is 1. The molecule has 0 saturated carbocycles. The van der Waals surface area contributed by atoms with Crippen LogP contribution in [-0.2, 0) is 14.8 Å². The van der Waals surface area contributed by atoms with Gasteiger partial charge in [-0.15, -0.1) is 0 Å². The maximum Gasteiger partial charge on any atom is 0.255 e. The van der Waals surface area contributed by atoms with Crippen molar-refractivity contribution in [2.45, 2.75) is 11.8 Å². The minimum absolute atomic E-state index is 0.0539. The molecular weight excluding hydrogens is 390 g/mol. The van der Waals surface area contributed by atoms with Gasteiger partial charge in [0.05, 0.1) is 24.3 Å². The standard InChI is InChI=1S/C18H20ClN3O4S/c1-13(14-5-4-6-16(11-14)26-3)20-21-18(23)12-22(2)27(24,25)17-9-7-15(19)8-10-17/h4-11H,12H2,1-3H3,(H,21,23)/b20-13-. The second kappa shape index (κ2) is 8.98. The van der Waals surface area contributed by atoms with E-state index in [9.17, 15) is 13.2 Å². The first-order chi connectivity index (χ1) is 12.7. The number of sulfonamides is 1. The van der Waals surface area contributed by atoms with Gasteiger partial charge in [0.2, 0.25) is 10.0 Å². The van der Waals surface area contributed by atoms with Gasteiger partial charge in [-0.3, -0.25) is 4.79 Å². The van der Waals surface area contributed by atoms with Crippen molar-refractivity contribution >= 4 is 33.2 Å². The average Bonchev–Trinajstić information content (AvgIpc) is 2.66. The van der Waals surface area contributed by atoms with E-state index in [1.165, 1.54) is 31.3 Å². The molecule has 0 saturated heterocycles. The van der Waals surface area contributed by atoms with Crippen LogP contribution < -0.4 is 10.2 Å². The van der Waals surface area contributed by atoms with Crippen molar-refractivity contribution in [3.8, 4) is 5.75 Å². The van der Waals surface area contributed by atoms with Crippen molar-refractivity contribution in [1.29, 1.82) is 0 Å². The summed E-state index contributed by atoms with van der Waals surface area (Å²) in [5, 5.41) is 4.44. The van der Waals surface area contributed by atoms with Crippen LogP contribution in [0.4, 0.5) is 0 Å². The SMILES string of the molecule is COc1cccc(/C(C)=N\NC(=O)CN(C)S(=O)(=O)c2ccc(Cl)cc2)c1. The van der Waals surface area contributed by atoms with Crippen LogP contribution in [0.15, 0.2) is 58.5 Å². The zero-order valence-corrected chi connectivity index (χ0v) is 16.7. The number of ether oxygens (including phenoxy) is 1. The minimum Gasteiger partial charge on any atom is -0.497 e. The highest BCUT2D eigenvalue weighted by Crippen LogP contribution is 2.17. The highest BCUT2D eigenvalue weighted by atomic mass is 35.5. The van der Waals surface area contributed by atoms with Gasteiger partial charge < -0.3 is 4.74 Å². The van der Waals surface area contributed by atoms with E-state index < -0.39 is 15.9 Å². The molecule has 9 heteroatoms. The molecule has 144 valence electrons. The molecule has 0 spiro atoms. The molecular formula is C18H20ClN3O4S. The zero-order valence-electron chi connectivity index (χ0n) is 15.1. The van der Waals surface area contributed by atoms with Crippen LogP contribution in [0.1, 0.15) is 12.5 Å². The molecule has 2 aromatic rings. The van der Waals surface area contributed by atoms with E-state index in [1.807, 2.05) is 12.1 Å². The fraction of sp³-hybridized carbons (Fsp3) is 0.222. The number of benzene rings is 2. The summed E-state index contributed by atoms with van der Waals surface area (Å²) in [6.07, 6.45) is 0. The number of carbonyl (C=O) groups is 1. The lowest BCUT2D eigenvalue weighted by atomic mass is 10.1. The molecule has 0 unspecified atom stereocenters. The number of halogens is 1. The van der Waals surface area contributed by atoms with Gasteiger partial charge in [-0.1, -0.05) is 23.7 Å². The van der Waals surface area contributed by atoms with Crippen LogP contribution in [0.2, 0.25) is 5.02 Å². The molecule has 0 heterocycles. The molecule has 7 nitrogen and oxygen atoms in total. The topological polar surface area (TPSA) is 88.1 Å². The molecule has 2 rings (SSSR count). The van der Waals surface area contributed by atoms with Crippen LogP contribution in [0.3, 0.4) is 0 Å². The fourth-order valence-corrected chi connectivity index (χ4v) is 3.42. The van der Waals surface area contributed by atoms with E-state index in [4.69, 9.17) is 16.3 Å². The number of rotatable bonds is 7. The minimum atomic E-state index is -3.80. The average molecular weight is 410 g/mol. The molecule has 1 N–H and O–H groups in total. The Morgan fingerprint density at radius 1 is 1.22 bits per heavy atom. The first kappa shape index (κ1) is 20.9. The van der Waals surface area contributed by atoms with Crippen molar-refractivity contribution in [2.75, 3.05) is 20.7 Å². The van der Waals surface area contributed by atoms with Gasteiger partial charge in [-0.25, -0.2) is 13.8 Å². The molecule has 0 atom stereocenters. The fourth-order valence-electron chi connectivity index (χ4n) is 2.17. The van der Waals surface area contributed by atoms with Crippen LogP contribution in [0.5, 0.6) is 5.75 Å². The molecule has 27 heavy (non-hydrogen) atoms. The molecule has 2 aromatic carbocycles. The summed E-state index contributed by atoms with van der Waals surface area (Å²) in [5.41, 5.74) is 3.70. The van der Waals surface area contributed by atoms with Crippen LogP contribution in [0.25, 0.3) is 0 Å². The normalized spacial score (nSPS) is 12.1. The summed E-state index contributed by atoms with van der Waals surface area (Å²) in [4.78, 5) is 12.1. The van der Waals surface area contributed by atoms with E-state index >= 15 is 0 Å². The van der Waals surface area contributed by atoms with Gasteiger partial charge in [0.15, 0.2) is 0 Å². The molecule has 0 aliphatic heterocycles. The first-order valence-corrected chi connectivity index (χ1v) is 9.75. The van der Waals surface area contributed by atoms with Gasteiger partial charge in [0.1, 0.15) is 5.75 Å². The van der Waals surface area contributed by atoms with Gasteiger partial charge >= 0.3 is 0 Å². The maximum atomic E-state index is 12.5. The van der Waals surface area contributed by atoms with Crippen molar-refractivity contribution < 1.29 is 17.9 Å². The summed E-state index contributed by atoms with van der Waals surface area (Å²) in [5.74, 6) is 0.111. The Morgan fingerprint density at radius 3 is 2.52 bits per heavy atom. The summed E-state index contributed by atoms with van der Waals surface area (Å²) in [6.45, 7) is 1.35. The highest BCUT2D eigenvalue weighted by molar-refractivity contribution is 7.89. The van der Waals surface area contributed by atoms with Crippen LogP contribution in [0, 0.1) is 0 Å². The van der Waals surface area contributed by atoms with Crippen LogP contribution >= 0.6 is 11.6 Å². The number of hydrogen-bond donors (Lipinski definition) is 1. The van der Waals surface area contributed by atoms with Crippen LogP contribution in [-0.4, -0.2) is 45.0 Å². The Morgan fingerprint density at radius 2 is 1.89 bits per heavy atom. The van der Waals surface area contributed by atoms with E-state index in [0.29, 0.717) is 16.5 Å². The number of nitrogens with zero attached hydrogens (tertiary/aromatic N) is 2. The van der Waals surface area contributed by atoms with Gasteiger partial charge in [0, 0.05) is 17.6 Å². The number of carbonyl (C=O) groups excluding carboxylic acids is 1. The van der Waals surface area contributed by atoms with Crippen molar-refractivity contribution in [2.24, 2.45) is 5.10 Å². The number of hydrogen-bond acceptors (Lipinski definition) is 5. The lowest BCUT2D eigenvalue weighted by molar-refractivity contribution is -0.121. The number of nitrogens with one attached hydrogen (secondary N) is 1. The van der Waals surface area contributed by atoms with Gasteiger partial charge in [-0.05, 0) is 43.3 Å². The second-order valence-corrected chi connectivity index (χ2v) is 8.16. The Kier molecular flexibility index (Phi) is 6.95. The van der Waals surface area contributed by atoms with E-state index in [1.54, 1.807) is 26.2 Å². The highest BCUT2D eigenvalue weighted by Gasteiger charge is 2.22. The predicted octanol–water partition coefficient (Wildman–Crippen LogP) is 2.51. The van der Waals surface area contributed by atoms with Crippen molar-refractivity contribution in [3.05, 3.63) is 59.1 Å². The number of likely N-dealkylation sites (N-methyl/N-ethyl adjacent to an activating group) is 1. The molecule has 0 aromatic heterocycles. The molecule has 0 radical (unpaired) electrons. The third kappa shape index (κ3) is 5.53. The maximum absolute atomic E-state index is 12.5. The van der Waals surface area contributed by atoms with Gasteiger partial charge in [-0.2, -0.15) is 9.41 Å². The Bertz CT molecular complexity index is 943. The summed E-state index contributed by atoms with van der Waals surface area (Å²) in [7, 11) is -0.920. The summed E-state index contributed by atoms with van der Waals surface area (Å²) >= 11 is 5.77. The van der Waals surface area contributed by atoms with E-state index in [2.05, 4.69) is 10.5 Å². The molecule has 0 fully saturated rings. The van der Waals surface area contributed by atoms with Crippen molar-refractivity contribution in [1.82, 2.24) is 9.73 Å². The quantitative estimate of drug-likeness (QED) is 0.562.